The zero-order valence-corrected chi connectivity index (χ0v) is 12.1. The molecule has 3 N–H and O–H groups in total. The fourth-order valence-corrected chi connectivity index (χ4v) is 2.91. The second-order valence-electron chi connectivity index (χ2n) is 3.60. The summed E-state index contributed by atoms with van der Waals surface area (Å²) in [4.78, 5) is 16.3. The lowest BCUT2D eigenvalue weighted by molar-refractivity contribution is 0.604. The molecule has 2 heterocycles. The van der Waals surface area contributed by atoms with Crippen LogP contribution in [-0.4, -0.2) is 19.7 Å². The monoisotopic (exact) mass is 329 g/mol. The Bertz CT molecular complexity index is 588. The predicted octanol–water partition coefficient (Wildman–Crippen LogP) is 1.87. The lowest BCUT2D eigenvalue weighted by Crippen LogP contribution is -2.17. The minimum absolute atomic E-state index is 0.205. The summed E-state index contributed by atoms with van der Waals surface area (Å²) in [6, 6.07) is 0. The summed E-state index contributed by atoms with van der Waals surface area (Å²) >= 11 is 4.72. The number of pyridine rings is 1. The molecule has 0 unspecified atom stereocenters. The van der Waals surface area contributed by atoms with Crippen molar-refractivity contribution in [3.63, 3.8) is 0 Å². The molecule has 6 nitrogen and oxygen atoms in total. The van der Waals surface area contributed by atoms with Crippen LogP contribution in [0.15, 0.2) is 31.7 Å². The van der Waals surface area contributed by atoms with E-state index in [0.717, 1.165) is 15.8 Å². The van der Waals surface area contributed by atoms with Gasteiger partial charge < -0.3 is 5.73 Å². The molecule has 0 radical (unpaired) electrons. The van der Waals surface area contributed by atoms with Crippen molar-refractivity contribution < 1.29 is 0 Å². The normalized spacial score (nSPS) is 10.8. The second kappa shape index (κ2) is 5.57. The van der Waals surface area contributed by atoms with E-state index in [1.54, 1.807) is 17.0 Å². The number of nitrogen functional groups attached to an aromatic ring is 1. The summed E-state index contributed by atoms with van der Waals surface area (Å²) in [7, 11) is 0. The Hall–Kier alpha value is -1.28. The van der Waals surface area contributed by atoms with E-state index in [4.69, 9.17) is 5.73 Å². The molecule has 0 saturated carbocycles. The quantitative estimate of drug-likeness (QED) is 0.893. The number of H-pyrrole nitrogens is 1. The van der Waals surface area contributed by atoms with Gasteiger partial charge in [-0.1, -0.05) is 6.92 Å². The minimum atomic E-state index is -0.205. The van der Waals surface area contributed by atoms with Crippen molar-refractivity contribution in [3.8, 4) is 0 Å². The van der Waals surface area contributed by atoms with E-state index < -0.39 is 0 Å². The highest BCUT2D eigenvalue weighted by Crippen LogP contribution is 2.35. The first-order valence-electron chi connectivity index (χ1n) is 5.35. The van der Waals surface area contributed by atoms with Gasteiger partial charge in [0.2, 0.25) is 0 Å². The first kappa shape index (κ1) is 13.2. The molecule has 0 atom stereocenters. The molecule has 0 amide bonds. The van der Waals surface area contributed by atoms with Crippen molar-refractivity contribution >= 4 is 33.4 Å². The molecular weight excluding hydrogens is 318 g/mol. The Morgan fingerprint density at radius 3 is 3.00 bits per heavy atom. The Labute approximate surface area is 116 Å². The zero-order chi connectivity index (χ0) is 13.1. The first-order chi connectivity index (χ1) is 8.63. The van der Waals surface area contributed by atoms with Gasteiger partial charge >= 0.3 is 5.69 Å². The predicted molar refractivity (Wildman–Crippen MR) is 73.6 cm³/mol. The largest absolute Gasteiger partial charge is 0.397 e. The highest BCUT2D eigenvalue weighted by atomic mass is 79.9. The number of anilines is 1. The summed E-state index contributed by atoms with van der Waals surface area (Å²) in [6.07, 6.45) is 4.09. The summed E-state index contributed by atoms with van der Waals surface area (Å²) in [5.41, 5.74) is 6.20. The maximum absolute atomic E-state index is 11.6. The van der Waals surface area contributed by atoms with Crippen LogP contribution in [0.5, 0.6) is 0 Å². The van der Waals surface area contributed by atoms with E-state index in [1.807, 2.05) is 6.92 Å². The lowest BCUT2D eigenvalue weighted by Gasteiger charge is -2.07. The Morgan fingerprint density at radius 2 is 2.33 bits per heavy atom. The molecule has 0 spiro atoms. The van der Waals surface area contributed by atoms with Gasteiger partial charge in [-0.2, -0.15) is 0 Å². The van der Waals surface area contributed by atoms with Crippen LogP contribution in [0, 0.1) is 0 Å². The van der Waals surface area contributed by atoms with Crippen LogP contribution >= 0.6 is 27.7 Å². The van der Waals surface area contributed by atoms with Gasteiger partial charge in [-0.3, -0.25) is 9.55 Å². The SMILES string of the molecule is CCCn1c(Sc2c(N)cncc2Br)n[nH]c1=O. The Balaban J connectivity index is 2.37. The molecule has 18 heavy (non-hydrogen) atoms. The van der Waals surface area contributed by atoms with Crippen molar-refractivity contribution in [1.82, 2.24) is 19.7 Å². The molecule has 0 aliphatic heterocycles. The van der Waals surface area contributed by atoms with Crippen LogP contribution in [0.3, 0.4) is 0 Å². The van der Waals surface area contributed by atoms with Crippen molar-refractivity contribution in [1.29, 1.82) is 0 Å². The smallest absolute Gasteiger partial charge is 0.343 e. The number of nitrogens with two attached hydrogens (primary N) is 1. The summed E-state index contributed by atoms with van der Waals surface area (Å²) in [5, 5.41) is 7.05. The molecule has 2 aromatic rings. The van der Waals surface area contributed by atoms with Gasteiger partial charge in [-0.05, 0) is 34.1 Å². The number of aromatic nitrogens is 4. The molecule has 0 bridgehead atoms. The highest BCUT2D eigenvalue weighted by Gasteiger charge is 2.13. The summed E-state index contributed by atoms with van der Waals surface area (Å²) in [5.74, 6) is 0. The van der Waals surface area contributed by atoms with Crippen LogP contribution in [0.2, 0.25) is 0 Å². The number of aromatic amines is 1. The highest BCUT2D eigenvalue weighted by molar-refractivity contribution is 9.10. The topological polar surface area (TPSA) is 89.6 Å². The molecular formula is C10H12BrN5OS. The fraction of sp³-hybridized carbons (Fsp3) is 0.300. The fourth-order valence-electron chi connectivity index (χ4n) is 1.44. The van der Waals surface area contributed by atoms with Gasteiger partial charge in [0.1, 0.15) is 0 Å². The average molecular weight is 330 g/mol. The van der Waals surface area contributed by atoms with E-state index in [2.05, 4.69) is 31.1 Å². The molecule has 2 aromatic heterocycles. The van der Waals surface area contributed by atoms with E-state index >= 15 is 0 Å². The lowest BCUT2D eigenvalue weighted by atomic mass is 10.4. The average Bonchev–Trinajstić information content (AvgIpc) is 2.67. The summed E-state index contributed by atoms with van der Waals surface area (Å²) < 4.78 is 2.38. The molecule has 8 heteroatoms. The van der Waals surface area contributed by atoms with Crippen molar-refractivity contribution in [3.05, 3.63) is 27.4 Å². The third kappa shape index (κ3) is 2.59. The van der Waals surface area contributed by atoms with Gasteiger partial charge in [0.15, 0.2) is 5.16 Å². The standard InChI is InChI=1S/C10H12BrN5OS/c1-2-3-16-9(17)14-15-10(16)18-8-6(11)4-13-5-7(8)12/h4-5H,2-3,12H2,1H3,(H,14,17). The number of hydrogen-bond acceptors (Lipinski definition) is 5. The van der Waals surface area contributed by atoms with Gasteiger partial charge in [-0.25, -0.2) is 9.89 Å². The maximum atomic E-state index is 11.6. The van der Waals surface area contributed by atoms with Gasteiger partial charge in [-0.15, -0.1) is 5.10 Å². The maximum Gasteiger partial charge on any atom is 0.343 e. The van der Waals surface area contributed by atoms with Gasteiger partial charge in [0, 0.05) is 12.7 Å². The molecule has 0 aromatic carbocycles. The van der Waals surface area contributed by atoms with Crippen molar-refractivity contribution in [2.75, 3.05) is 5.73 Å². The third-order valence-electron chi connectivity index (χ3n) is 2.24. The first-order valence-corrected chi connectivity index (χ1v) is 6.96. The van der Waals surface area contributed by atoms with Gasteiger partial charge in [0.25, 0.3) is 0 Å². The van der Waals surface area contributed by atoms with Crippen LogP contribution in [0.25, 0.3) is 0 Å². The van der Waals surface area contributed by atoms with E-state index in [1.165, 1.54) is 11.8 Å². The van der Waals surface area contributed by atoms with E-state index in [-0.39, 0.29) is 5.69 Å². The number of halogens is 1. The molecule has 0 saturated heterocycles. The van der Waals surface area contributed by atoms with Gasteiger partial charge in [0.05, 0.1) is 21.3 Å². The number of rotatable bonds is 4. The van der Waals surface area contributed by atoms with Crippen LogP contribution in [-0.2, 0) is 6.54 Å². The molecule has 96 valence electrons. The van der Waals surface area contributed by atoms with Crippen LogP contribution in [0.1, 0.15) is 13.3 Å². The van der Waals surface area contributed by atoms with E-state index in [0.29, 0.717) is 17.4 Å². The van der Waals surface area contributed by atoms with Crippen molar-refractivity contribution in [2.45, 2.75) is 29.9 Å². The molecule has 0 aliphatic rings. The number of nitrogens with zero attached hydrogens (tertiary/aromatic N) is 3. The number of hydrogen-bond donors (Lipinski definition) is 2. The van der Waals surface area contributed by atoms with Crippen molar-refractivity contribution in [2.24, 2.45) is 0 Å². The number of nitrogens with one attached hydrogen (secondary N) is 1. The molecule has 0 aliphatic carbocycles. The van der Waals surface area contributed by atoms with Crippen LogP contribution in [0.4, 0.5) is 5.69 Å². The zero-order valence-electron chi connectivity index (χ0n) is 9.68. The van der Waals surface area contributed by atoms with Crippen LogP contribution < -0.4 is 11.4 Å². The van der Waals surface area contributed by atoms with E-state index in [9.17, 15) is 4.79 Å². The Morgan fingerprint density at radius 1 is 1.56 bits per heavy atom. The molecule has 2 rings (SSSR count). The Kier molecular flexibility index (Phi) is 4.07. The molecule has 0 fully saturated rings. The third-order valence-corrected chi connectivity index (χ3v) is 4.26. The summed E-state index contributed by atoms with van der Waals surface area (Å²) in [6.45, 7) is 2.63. The minimum Gasteiger partial charge on any atom is -0.397 e. The second-order valence-corrected chi connectivity index (χ2v) is 5.44.